The van der Waals surface area contributed by atoms with Crippen LogP contribution >= 0.6 is 11.6 Å². The molecule has 0 fully saturated rings. The number of nitrogens with zero attached hydrogens (tertiary/aromatic N) is 1. The maximum Gasteiger partial charge on any atom is 0.417 e. The number of benzene rings is 2. The third-order valence-electron chi connectivity index (χ3n) is 5.83. The predicted octanol–water partition coefficient (Wildman–Crippen LogP) is 5.27. The molecule has 0 heterocycles. The zero-order valence-corrected chi connectivity index (χ0v) is 20.1. The molecule has 5 nitrogen and oxygen atoms in total. The number of nitrogens with one attached hydrogen (secondary N) is 1. The number of carbonyl (C=O) groups excluding carboxylic acids is 1. The topological polar surface area (TPSA) is 66.5 Å². The minimum absolute atomic E-state index is 0.293. The van der Waals surface area contributed by atoms with Gasteiger partial charge in [-0.15, -0.1) is 0 Å². The van der Waals surface area contributed by atoms with Crippen molar-refractivity contribution in [2.24, 2.45) is 0 Å². The normalized spacial score (nSPS) is 16.0. The summed E-state index contributed by atoms with van der Waals surface area (Å²) in [5.41, 5.74) is 1.95. The van der Waals surface area contributed by atoms with E-state index >= 15 is 0 Å². The standard InChI is InChI=1S/C23H26ClF3N2O3S/c1-14(17-9-8-16-6-4-5-7-18(16)12-17)28-22(30)15(2)29(33(3,31)32)19-10-11-21(24)20(13-19)23(25,26)27/h8-15H,4-7H2,1-3H3,(H,28,30)/t14-,15+/m0/s1. The number of anilines is 1. The van der Waals surface area contributed by atoms with Crippen LogP contribution in [-0.2, 0) is 33.8 Å². The van der Waals surface area contributed by atoms with Crippen LogP contribution in [0.15, 0.2) is 36.4 Å². The first-order valence-corrected chi connectivity index (χ1v) is 12.8. The summed E-state index contributed by atoms with van der Waals surface area (Å²) in [6.45, 7) is 3.11. The van der Waals surface area contributed by atoms with Crippen LogP contribution in [0, 0.1) is 0 Å². The van der Waals surface area contributed by atoms with Crippen molar-refractivity contribution >= 4 is 33.2 Å². The van der Waals surface area contributed by atoms with Crippen molar-refractivity contribution in [2.45, 2.75) is 57.8 Å². The molecule has 180 valence electrons. The van der Waals surface area contributed by atoms with Gasteiger partial charge in [0.15, 0.2) is 0 Å². The molecule has 1 N–H and O–H groups in total. The maximum atomic E-state index is 13.3. The molecule has 0 aliphatic heterocycles. The van der Waals surface area contributed by atoms with Gasteiger partial charge in [-0.3, -0.25) is 9.10 Å². The molecule has 0 bridgehead atoms. The highest BCUT2D eigenvalue weighted by Crippen LogP contribution is 2.38. The van der Waals surface area contributed by atoms with Crippen molar-refractivity contribution in [1.82, 2.24) is 5.32 Å². The van der Waals surface area contributed by atoms with Crippen LogP contribution in [0.2, 0.25) is 5.02 Å². The zero-order chi connectivity index (χ0) is 24.6. The number of sulfonamides is 1. The Morgan fingerprint density at radius 2 is 1.70 bits per heavy atom. The van der Waals surface area contributed by atoms with Crippen LogP contribution in [0.5, 0.6) is 0 Å². The molecule has 2 aromatic carbocycles. The molecule has 1 amide bonds. The lowest BCUT2D eigenvalue weighted by Crippen LogP contribution is -2.48. The Bertz CT molecular complexity index is 1150. The maximum absolute atomic E-state index is 13.3. The lowest BCUT2D eigenvalue weighted by molar-refractivity contribution is -0.137. The summed E-state index contributed by atoms with van der Waals surface area (Å²) < 4.78 is 65.5. The monoisotopic (exact) mass is 502 g/mol. The average Bonchev–Trinajstić information content (AvgIpc) is 2.72. The number of amides is 1. The SMILES string of the molecule is C[C@H](NC(=O)[C@@H](C)N(c1ccc(Cl)c(C(F)(F)F)c1)S(C)(=O)=O)c1ccc2c(c1)CCCC2. The Morgan fingerprint density at radius 3 is 2.30 bits per heavy atom. The largest absolute Gasteiger partial charge is 0.417 e. The van der Waals surface area contributed by atoms with Gasteiger partial charge in [-0.25, -0.2) is 8.42 Å². The van der Waals surface area contributed by atoms with Gasteiger partial charge >= 0.3 is 6.18 Å². The molecule has 2 aromatic rings. The molecular weight excluding hydrogens is 477 g/mol. The molecule has 33 heavy (non-hydrogen) atoms. The smallest absolute Gasteiger partial charge is 0.348 e. The Labute approximate surface area is 197 Å². The van der Waals surface area contributed by atoms with Crippen molar-refractivity contribution < 1.29 is 26.4 Å². The molecule has 0 aromatic heterocycles. The third-order valence-corrected chi connectivity index (χ3v) is 7.40. The van der Waals surface area contributed by atoms with Crippen LogP contribution < -0.4 is 9.62 Å². The van der Waals surface area contributed by atoms with E-state index < -0.39 is 44.8 Å². The van der Waals surface area contributed by atoms with Crippen LogP contribution in [-0.4, -0.2) is 26.6 Å². The van der Waals surface area contributed by atoms with Gasteiger partial charge in [0.2, 0.25) is 15.9 Å². The predicted molar refractivity (Wildman–Crippen MR) is 123 cm³/mol. The molecule has 0 saturated heterocycles. The van der Waals surface area contributed by atoms with E-state index in [9.17, 15) is 26.4 Å². The number of hydrogen-bond acceptors (Lipinski definition) is 3. The van der Waals surface area contributed by atoms with Gasteiger partial charge in [0.1, 0.15) is 6.04 Å². The fourth-order valence-electron chi connectivity index (χ4n) is 4.12. The number of hydrogen-bond donors (Lipinski definition) is 1. The van der Waals surface area contributed by atoms with Crippen molar-refractivity contribution in [3.63, 3.8) is 0 Å². The number of fused-ring (bicyclic) bond motifs is 1. The first-order chi connectivity index (χ1) is 15.3. The second-order valence-corrected chi connectivity index (χ2v) is 10.6. The van der Waals surface area contributed by atoms with Gasteiger partial charge in [-0.05, 0) is 74.4 Å². The Morgan fingerprint density at radius 1 is 1.06 bits per heavy atom. The van der Waals surface area contributed by atoms with Crippen LogP contribution in [0.3, 0.4) is 0 Å². The Hall–Kier alpha value is -2.26. The highest BCUT2D eigenvalue weighted by Gasteiger charge is 2.36. The van der Waals surface area contributed by atoms with Gasteiger partial charge in [-0.1, -0.05) is 29.8 Å². The summed E-state index contributed by atoms with van der Waals surface area (Å²) in [7, 11) is -4.09. The first-order valence-electron chi connectivity index (χ1n) is 10.6. The van der Waals surface area contributed by atoms with Gasteiger partial charge in [0, 0.05) is 0 Å². The third kappa shape index (κ3) is 5.81. The van der Waals surface area contributed by atoms with Crippen LogP contribution in [0.1, 0.15) is 55.0 Å². The molecule has 1 aliphatic carbocycles. The number of carbonyl (C=O) groups is 1. The number of halogens is 4. The van der Waals surface area contributed by atoms with Gasteiger partial charge in [-0.2, -0.15) is 13.2 Å². The molecule has 0 spiro atoms. The number of rotatable bonds is 6. The fourth-order valence-corrected chi connectivity index (χ4v) is 5.51. The van der Waals surface area contributed by atoms with E-state index in [-0.39, 0.29) is 5.69 Å². The van der Waals surface area contributed by atoms with E-state index in [0.29, 0.717) is 10.4 Å². The van der Waals surface area contributed by atoms with E-state index in [0.717, 1.165) is 49.6 Å². The van der Waals surface area contributed by atoms with Crippen LogP contribution in [0.25, 0.3) is 0 Å². The number of aryl methyl sites for hydroxylation is 2. The van der Waals surface area contributed by atoms with Crippen molar-refractivity contribution in [2.75, 3.05) is 10.6 Å². The molecular formula is C23H26ClF3N2O3S. The highest BCUT2D eigenvalue weighted by atomic mass is 35.5. The summed E-state index contributed by atoms with van der Waals surface area (Å²) in [4.78, 5) is 13.0. The lowest BCUT2D eigenvalue weighted by Gasteiger charge is -2.30. The molecule has 2 atom stereocenters. The van der Waals surface area contributed by atoms with Crippen molar-refractivity contribution in [1.29, 1.82) is 0 Å². The Balaban J connectivity index is 1.86. The second kappa shape index (κ2) is 9.54. The van der Waals surface area contributed by atoms with Crippen molar-refractivity contribution in [3.05, 3.63) is 63.7 Å². The summed E-state index contributed by atoms with van der Waals surface area (Å²) in [5, 5.41) is 2.23. The van der Waals surface area contributed by atoms with Crippen molar-refractivity contribution in [3.8, 4) is 0 Å². The molecule has 0 unspecified atom stereocenters. The summed E-state index contributed by atoms with van der Waals surface area (Å²) >= 11 is 5.66. The summed E-state index contributed by atoms with van der Waals surface area (Å²) in [6.07, 6.45) is 0.322. The Kier molecular flexibility index (Phi) is 7.33. The van der Waals surface area contributed by atoms with Crippen LogP contribution in [0.4, 0.5) is 18.9 Å². The van der Waals surface area contributed by atoms with E-state index in [1.54, 1.807) is 6.92 Å². The highest BCUT2D eigenvalue weighted by molar-refractivity contribution is 7.92. The quantitative estimate of drug-likeness (QED) is 0.585. The molecule has 0 saturated carbocycles. The molecule has 3 rings (SSSR count). The minimum atomic E-state index is -4.78. The molecule has 10 heteroatoms. The summed E-state index contributed by atoms with van der Waals surface area (Å²) in [5.74, 6) is -0.630. The molecule has 1 aliphatic rings. The first kappa shape index (κ1) is 25.4. The minimum Gasteiger partial charge on any atom is -0.348 e. The second-order valence-electron chi connectivity index (χ2n) is 8.36. The molecule has 0 radical (unpaired) electrons. The van der Waals surface area contributed by atoms with Gasteiger partial charge in [0.25, 0.3) is 0 Å². The average molecular weight is 503 g/mol. The number of alkyl halides is 3. The zero-order valence-electron chi connectivity index (χ0n) is 18.5. The fraction of sp³-hybridized carbons (Fsp3) is 0.435. The van der Waals surface area contributed by atoms with E-state index in [4.69, 9.17) is 11.6 Å². The van der Waals surface area contributed by atoms with Gasteiger partial charge in [0.05, 0.1) is 28.6 Å². The van der Waals surface area contributed by atoms with E-state index in [1.165, 1.54) is 18.1 Å². The van der Waals surface area contributed by atoms with E-state index in [2.05, 4.69) is 5.32 Å². The lowest BCUT2D eigenvalue weighted by atomic mass is 9.89. The van der Waals surface area contributed by atoms with E-state index in [1.807, 2.05) is 18.2 Å². The van der Waals surface area contributed by atoms with Gasteiger partial charge < -0.3 is 5.32 Å². The summed E-state index contributed by atoms with van der Waals surface area (Å²) in [6, 6.07) is 7.08.